The van der Waals surface area contributed by atoms with Crippen LogP contribution in [0, 0.1) is 35.5 Å². The summed E-state index contributed by atoms with van der Waals surface area (Å²) in [5, 5.41) is 24.3. The van der Waals surface area contributed by atoms with Crippen LogP contribution in [-0.2, 0) is 33.3 Å². The number of cyclic esters (lactones) is 1. The van der Waals surface area contributed by atoms with Crippen LogP contribution in [0.5, 0.6) is 0 Å². The number of rotatable bonds is 9. The van der Waals surface area contributed by atoms with Gasteiger partial charge in [0.05, 0.1) is 53.7 Å². The Bertz CT molecular complexity index is 1590. The molecule has 2 aromatic rings. The first-order valence-electron chi connectivity index (χ1n) is 19.9. The van der Waals surface area contributed by atoms with Gasteiger partial charge < -0.3 is 33.9 Å². The van der Waals surface area contributed by atoms with Gasteiger partial charge in [0, 0.05) is 44.1 Å². The number of para-hydroxylation sites is 1. The van der Waals surface area contributed by atoms with Gasteiger partial charge in [0.2, 0.25) is 0 Å². The van der Waals surface area contributed by atoms with E-state index in [2.05, 4.69) is 18.8 Å². The Morgan fingerprint density at radius 3 is 2.28 bits per heavy atom. The second kappa shape index (κ2) is 18.0. The lowest BCUT2D eigenvalue weighted by molar-refractivity contribution is -0.211. The number of carbonyl (C=O) groups is 2. The van der Waals surface area contributed by atoms with Crippen molar-refractivity contribution in [3.05, 3.63) is 48.2 Å². The second-order valence-corrected chi connectivity index (χ2v) is 17.0. The second-order valence-electron chi connectivity index (χ2n) is 17.0. The minimum absolute atomic E-state index is 0.0703. The molecular weight excluding hydrogens is 686 g/mol. The third-order valence-electron chi connectivity index (χ3n) is 13.1. The molecule has 0 radical (unpaired) electrons. The number of methoxy groups -OCH3 is 2. The van der Waals surface area contributed by atoms with Crippen LogP contribution in [0.1, 0.15) is 100 Å². The zero-order valence-electron chi connectivity index (χ0n) is 34.7. The van der Waals surface area contributed by atoms with E-state index in [9.17, 15) is 19.8 Å². The third kappa shape index (κ3) is 9.44. The highest BCUT2D eigenvalue weighted by atomic mass is 16.6. The number of nitrogens with zero attached hydrogens (tertiary/aromatic N) is 1. The first-order valence-corrected chi connectivity index (χ1v) is 19.9. The Morgan fingerprint density at radius 2 is 1.63 bits per heavy atom. The van der Waals surface area contributed by atoms with Crippen molar-refractivity contribution in [3.8, 4) is 0 Å². The summed E-state index contributed by atoms with van der Waals surface area (Å²) in [6.45, 7) is 19.1. The average molecular weight is 754 g/mol. The van der Waals surface area contributed by atoms with Crippen LogP contribution in [0.2, 0.25) is 0 Å². The number of ether oxygens (including phenoxy) is 5. The number of benzene rings is 1. The fourth-order valence-electron chi connectivity index (χ4n) is 9.15. The van der Waals surface area contributed by atoms with Crippen molar-refractivity contribution >= 4 is 28.7 Å². The smallest absolute Gasteiger partial charge is 0.311 e. The third-order valence-corrected chi connectivity index (χ3v) is 13.1. The average Bonchev–Trinajstić information content (AvgIpc) is 3.15. The van der Waals surface area contributed by atoms with E-state index in [1.807, 2.05) is 84.0 Å². The molecule has 2 aliphatic rings. The normalized spacial score (nSPS) is 40.4. The molecule has 2 heterocycles. The minimum Gasteiger partial charge on any atom is -0.459 e. The van der Waals surface area contributed by atoms with E-state index in [0.29, 0.717) is 25.7 Å². The first kappa shape index (κ1) is 44.0. The molecule has 0 amide bonds. The van der Waals surface area contributed by atoms with Gasteiger partial charge in [-0.15, -0.1) is 0 Å². The van der Waals surface area contributed by atoms with E-state index in [1.54, 1.807) is 34.3 Å². The highest BCUT2D eigenvalue weighted by Gasteiger charge is 2.51. The molecule has 1 saturated carbocycles. The Morgan fingerprint density at radius 1 is 0.963 bits per heavy atom. The topological polar surface area (TPSA) is 134 Å². The van der Waals surface area contributed by atoms with Gasteiger partial charge in [0.15, 0.2) is 0 Å². The molecule has 1 aromatic heterocycles. The van der Waals surface area contributed by atoms with Gasteiger partial charge in [0.1, 0.15) is 17.5 Å². The summed E-state index contributed by atoms with van der Waals surface area (Å²) in [4.78, 5) is 33.1. The lowest BCUT2D eigenvalue weighted by atomic mass is 9.70. The summed E-state index contributed by atoms with van der Waals surface area (Å²) in [5.41, 5.74) is -1.50. The van der Waals surface area contributed by atoms with E-state index in [-0.39, 0.29) is 36.2 Å². The lowest BCUT2D eigenvalue weighted by Gasteiger charge is -2.48. The van der Waals surface area contributed by atoms with Crippen LogP contribution in [0.3, 0.4) is 0 Å². The van der Waals surface area contributed by atoms with Gasteiger partial charge in [-0.2, -0.15) is 0 Å². The van der Waals surface area contributed by atoms with Crippen molar-refractivity contribution < 1.29 is 43.5 Å². The molecule has 4 rings (SSSR count). The van der Waals surface area contributed by atoms with Crippen LogP contribution in [0.25, 0.3) is 17.0 Å². The quantitative estimate of drug-likeness (QED) is 0.253. The fourth-order valence-corrected chi connectivity index (χ4v) is 9.15. The highest BCUT2D eigenvalue weighted by molar-refractivity contribution is 5.84. The molecule has 1 aliphatic carbocycles. The number of ketones is 1. The maximum atomic E-state index is 14.3. The first-order chi connectivity index (χ1) is 25.3. The van der Waals surface area contributed by atoms with Gasteiger partial charge in [0.25, 0.3) is 0 Å². The summed E-state index contributed by atoms with van der Waals surface area (Å²) < 4.78 is 31.6. The molecule has 2 fully saturated rings. The predicted octanol–water partition coefficient (Wildman–Crippen LogP) is 7.21. The number of Topliss-reactive ketones (excluding diaryl/α,β-unsaturated/α-hetero) is 1. The zero-order valence-corrected chi connectivity index (χ0v) is 34.7. The van der Waals surface area contributed by atoms with E-state index in [1.165, 1.54) is 0 Å². The van der Waals surface area contributed by atoms with Crippen molar-refractivity contribution in [2.45, 2.75) is 142 Å². The van der Waals surface area contributed by atoms with Crippen molar-refractivity contribution in [3.63, 3.8) is 0 Å². The molecule has 302 valence electrons. The van der Waals surface area contributed by atoms with Crippen LogP contribution in [0.15, 0.2) is 42.6 Å². The number of pyridine rings is 1. The summed E-state index contributed by atoms with van der Waals surface area (Å²) >= 11 is 0. The molecule has 54 heavy (non-hydrogen) atoms. The molecular formula is C44H67NO9. The summed E-state index contributed by atoms with van der Waals surface area (Å²) in [5.74, 6) is -2.92. The van der Waals surface area contributed by atoms with E-state index in [4.69, 9.17) is 23.7 Å². The predicted molar refractivity (Wildman–Crippen MR) is 211 cm³/mol. The van der Waals surface area contributed by atoms with Crippen LogP contribution >= 0.6 is 0 Å². The molecule has 0 spiro atoms. The number of hydrogen-bond donors (Lipinski definition) is 2. The maximum Gasteiger partial charge on any atom is 0.311 e. The largest absolute Gasteiger partial charge is 0.459 e. The maximum absolute atomic E-state index is 14.3. The Labute approximate surface area is 323 Å². The molecule has 14 atom stereocenters. The monoisotopic (exact) mass is 753 g/mol. The number of esters is 1. The molecule has 10 nitrogen and oxygen atoms in total. The van der Waals surface area contributed by atoms with Crippen molar-refractivity contribution in [1.82, 2.24) is 4.98 Å². The molecule has 1 saturated heterocycles. The standard InChI is InChI=1S/C44H67NO9/c1-13-36-44(10,49)40(52-20-16-17-32-22-33-18-14-15-19-35(33)45-25-32)29(5)37(46)27(3)23-42(8,50-11)31(7)28(4)38(30(6)41(48)54-36)53-34-21-26(2)39(47)43(9,24-34)51-12/h14-19,22,25-31,34,36,38-40,47,49H,13,20-21,23-24H2,1-12H3/b17-16+/t26-,27-,28-,29+,30-,31-,34-,36-,38+,39+,40-,42-,43-,44-/m1/s1. The van der Waals surface area contributed by atoms with Gasteiger partial charge in [-0.05, 0) is 82.4 Å². The van der Waals surface area contributed by atoms with Crippen molar-refractivity contribution in [2.24, 2.45) is 35.5 Å². The summed E-state index contributed by atoms with van der Waals surface area (Å²) in [6, 6.07) is 9.93. The Kier molecular flexibility index (Phi) is 14.7. The Hall–Kier alpha value is -2.73. The fraction of sp³-hybridized carbons (Fsp3) is 0.705. The summed E-state index contributed by atoms with van der Waals surface area (Å²) in [7, 11) is 3.26. The molecule has 0 unspecified atom stereocenters. The van der Waals surface area contributed by atoms with E-state index >= 15 is 0 Å². The van der Waals surface area contributed by atoms with E-state index in [0.717, 1.165) is 16.5 Å². The van der Waals surface area contributed by atoms with Gasteiger partial charge >= 0.3 is 5.97 Å². The molecule has 10 heteroatoms. The molecule has 2 N–H and O–H groups in total. The van der Waals surface area contributed by atoms with Crippen molar-refractivity contribution in [1.29, 1.82) is 0 Å². The number of hydrogen-bond acceptors (Lipinski definition) is 10. The van der Waals surface area contributed by atoms with Crippen LogP contribution in [0.4, 0.5) is 0 Å². The number of aliphatic hydroxyl groups excluding tert-OH is 1. The molecule has 1 aromatic carbocycles. The van der Waals surface area contributed by atoms with Gasteiger partial charge in [-0.3, -0.25) is 14.6 Å². The van der Waals surface area contributed by atoms with Crippen LogP contribution in [-0.4, -0.2) is 95.1 Å². The number of fused-ring (bicyclic) bond motifs is 1. The van der Waals surface area contributed by atoms with Gasteiger partial charge in [-0.25, -0.2) is 0 Å². The molecule has 0 bridgehead atoms. The van der Waals surface area contributed by atoms with Gasteiger partial charge in [-0.1, -0.05) is 71.9 Å². The lowest BCUT2D eigenvalue weighted by Crippen LogP contribution is -2.58. The highest BCUT2D eigenvalue weighted by Crippen LogP contribution is 2.43. The van der Waals surface area contributed by atoms with E-state index < -0.39 is 64.9 Å². The Balaban J connectivity index is 1.68. The number of carbonyl (C=O) groups excluding carboxylic acids is 2. The number of aromatic nitrogens is 1. The zero-order chi connectivity index (χ0) is 40.2. The van der Waals surface area contributed by atoms with Crippen LogP contribution < -0.4 is 0 Å². The minimum atomic E-state index is -1.73. The summed E-state index contributed by atoms with van der Waals surface area (Å²) in [6.07, 6.45) is 3.78. The van der Waals surface area contributed by atoms with Crippen molar-refractivity contribution in [2.75, 3.05) is 20.8 Å². The molecule has 1 aliphatic heterocycles. The SMILES string of the molecule is CC[C@H]1OC(=O)[C@H](C)[C@@H](O[C@@H]2C[C@@H](C)[C@H](O)[C@](C)(OC)C2)[C@H](C)[C@@H](C)[C@](C)(OC)C[C@@H](C)C(=O)[C@H](C)[C@@H](OC/C=C/c2cnc3ccccc3c2)[C@]1(C)O. The number of aliphatic hydroxyl groups is 2.